The molecule has 1 atom stereocenters. The molecule has 180 valence electrons. The lowest BCUT2D eigenvalue weighted by Gasteiger charge is -2.32. The topological polar surface area (TPSA) is 86.8 Å². The molecule has 1 N–H and O–H groups in total. The maximum absolute atomic E-state index is 13.5. The van der Waals surface area contributed by atoms with E-state index < -0.39 is 28.5 Å². The van der Waals surface area contributed by atoms with Gasteiger partial charge < -0.3 is 10.2 Å². The SMILES string of the molecule is Cc1ccc(CN(C(=O)CN(c2ccc(C)cc2C)S(C)(=O)=O)[C@@H](C)C(=O)NC(C)C)cc1. The van der Waals surface area contributed by atoms with Crippen LogP contribution in [-0.2, 0) is 26.2 Å². The number of amides is 2. The number of nitrogens with zero attached hydrogens (tertiary/aromatic N) is 2. The molecule has 2 aromatic rings. The first-order chi connectivity index (χ1) is 15.3. The second kappa shape index (κ2) is 10.8. The fourth-order valence-electron chi connectivity index (χ4n) is 3.56. The number of carbonyl (C=O) groups excluding carboxylic acids is 2. The largest absolute Gasteiger partial charge is 0.352 e. The summed E-state index contributed by atoms with van der Waals surface area (Å²) >= 11 is 0. The van der Waals surface area contributed by atoms with Crippen molar-refractivity contribution in [3.8, 4) is 0 Å². The van der Waals surface area contributed by atoms with Gasteiger partial charge in [-0.25, -0.2) is 8.42 Å². The maximum Gasteiger partial charge on any atom is 0.244 e. The van der Waals surface area contributed by atoms with Gasteiger partial charge in [0.2, 0.25) is 21.8 Å². The molecule has 0 saturated heterocycles. The average Bonchev–Trinajstić information content (AvgIpc) is 2.70. The Morgan fingerprint density at radius 1 is 0.939 bits per heavy atom. The summed E-state index contributed by atoms with van der Waals surface area (Å²) in [6.07, 6.45) is 1.08. The lowest BCUT2D eigenvalue weighted by molar-refractivity contribution is -0.139. The lowest BCUT2D eigenvalue weighted by Crippen LogP contribution is -2.52. The molecule has 33 heavy (non-hydrogen) atoms. The first kappa shape index (κ1) is 26.4. The van der Waals surface area contributed by atoms with Crippen LogP contribution in [0.2, 0.25) is 0 Å². The van der Waals surface area contributed by atoms with Crippen LogP contribution in [0.15, 0.2) is 42.5 Å². The second-order valence-corrected chi connectivity index (χ2v) is 10.8. The summed E-state index contributed by atoms with van der Waals surface area (Å²) in [5.74, 6) is -0.740. The number of anilines is 1. The van der Waals surface area contributed by atoms with Crippen molar-refractivity contribution in [3.63, 3.8) is 0 Å². The van der Waals surface area contributed by atoms with E-state index in [4.69, 9.17) is 0 Å². The van der Waals surface area contributed by atoms with Crippen LogP contribution in [0.1, 0.15) is 43.0 Å². The summed E-state index contributed by atoms with van der Waals surface area (Å²) < 4.78 is 26.4. The van der Waals surface area contributed by atoms with Crippen LogP contribution in [0, 0.1) is 20.8 Å². The van der Waals surface area contributed by atoms with Gasteiger partial charge in [0.1, 0.15) is 12.6 Å². The molecule has 0 aliphatic rings. The minimum atomic E-state index is -3.74. The van der Waals surface area contributed by atoms with Crippen LogP contribution in [0.5, 0.6) is 0 Å². The first-order valence-electron chi connectivity index (χ1n) is 11.0. The van der Waals surface area contributed by atoms with Crippen molar-refractivity contribution >= 4 is 27.5 Å². The number of carbonyl (C=O) groups is 2. The van der Waals surface area contributed by atoms with Gasteiger partial charge in [-0.1, -0.05) is 47.5 Å². The Balaban J connectivity index is 2.41. The highest BCUT2D eigenvalue weighted by Crippen LogP contribution is 2.24. The normalized spacial score (nSPS) is 12.4. The van der Waals surface area contributed by atoms with E-state index in [1.54, 1.807) is 13.0 Å². The predicted octanol–water partition coefficient (Wildman–Crippen LogP) is 3.32. The first-order valence-corrected chi connectivity index (χ1v) is 12.8. The molecule has 0 bridgehead atoms. The highest BCUT2D eigenvalue weighted by Gasteiger charge is 2.30. The third-order valence-corrected chi connectivity index (χ3v) is 6.50. The summed E-state index contributed by atoms with van der Waals surface area (Å²) in [4.78, 5) is 27.7. The molecule has 2 aromatic carbocycles. The van der Waals surface area contributed by atoms with Crippen LogP contribution >= 0.6 is 0 Å². The van der Waals surface area contributed by atoms with Gasteiger partial charge in [-0.05, 0) is 58.7 Å². The Morgan fingerprint density at radius 3 is 2.03 bits per heavy atom. The molecule has 2 amide bonds. The van der Waals surface area contributed by atoms with Crippen molar-refractivity contribution in [1.82, 2.24) is 10.2 Å². The quantitative estimate of drug-likeness (QED) is 0.605. The van der Waals surface area contributed by atoms with Crippen molar-refractivity contribution < 1.29 is 18.0 Å². The van der Waals surface area contributed by atoms with Gasteiger partial charge in [0, 0.05) is 12.6 Å². The predicted molar refractivity (Wildman–Crippen MR) is 133 cm³/mol. The molecule has 0 spiro atoms. The zero-order valence-electron chi connectivity index (χ0n) is 20.5. The maximum atomic E-state index is 13.5. The molecule has 7 nitrogen and oxygen atoms in total. The summed E-state index contributed by atoms with van der Waals surface area (Å²) in [7, 11) is -3.74. The Labute approximate surface area is 197 Å². The number of hydrogen-bond acceptors (Lipinski definition) is 4. The number of nitrogens with one attached hydrogen (secondary N) is 1. The van der Waals surface area contributed by atoms with Crippen molar-refractivity contribution in [2.24, 2.45) is 0 Å². The van der Waals surface area contributed by atoms with Gasteiger partial charge in [0.25, 0.3) is 0 Å². The zero-order chi connectivity index (χ0) is 24.9. The number of sulfonamides is 1. The monoisotopic (exact) mass is 473 g/mol. The standard InChI is InChI=1S/C25H35N3O4S/c1-17(2)26-25(30)21(6)27(15-22-11-8-18(3)9-12-22)24(29)16-28(33(7,31)32)23-13-10-19(4)14-20(23)5/h8-14,17,21H,15-16H2,1-7H3,(H,26,30)/t21-/m0/s1. The highest BCUT2D eigenvalue weighted by molar-refractivity contribution is 7.92. The van der Waals surface area contributed by atoms with E-state index in [9.17, 15) is 18.0 Å². The Bertz CT molecular complexity index is 1100. The smallest absolute Gasteiger partial charge is 0.244 e. The van der Waals surface area contributed by atoms with Crippen molar-refractivity contribution in [2.75, 3.05) is 17.1 Å². The summed E-state index contributed by atoms with van der Waals surface area (Å²) in [6.45, 7) is 10.9. The summed E-state index contributed by atoms with van der Waals surface area (Å²) in [5, 5.41) is 2.84. The third-order valence-electron chi connectivity index (χ3n) is 5.37. The molecule has 0 aliphatic carbocycles. The van der Waals surface area contributed by atoms with Crippen LogP contribution in [0.25, 0.3) is 0 Å². The van der Waals surface area contributed by atoms with Gasteiger partial charge in [0.15, 0.2) is 0 Å². The number of benzene rings is 2. The van der Waals surface area contributed by atoms with Gasteiger partial charge in [-0.3, -0.25) is 13.9 Å². The van der Waals surface area contributed by atoms with Crippen LogP contribution in [0.3, 0.4) is 0 Å². The van der Waals surface area contributed by atoms with E-state index in [2.05, 4.69) is 5.32 Å². The Hall–Kier alpha value is -2.87. The van der Waals surface area contributed by atoms with Crippen molar-refractivity contribution in [1.29, 1.82) is 0 Å². The van der Waals surface area contributed by atoms with Gasteiger partial charge >= 0.3 is 0 Å². The third kappa shape index (κ3) is 7.32. The van der Waals surface area contributed by atoms with Gasteiger partial charge in [-0.2, -0.15) is 0 Å². The fourth-order valence-corrected chi connectivity index (χ4v) is 4.47. The van der Waals surface area contributed by atoms with Crippen LogP contribution in [-0.4, -0.2) is 50.0 Å². The van der Waals surface area contributed by atoms with E-state index >= 15 is 0 Å². The highest BCUT2D eigenvalue weighted by atomic mass is 32.2. The molecule has 0 aromatic heterocycles. The van der Waals surface area contributed by atoms with Crippen molar-refractivity contribution in [2.45, 2.75) is 60.2 Å². The Morgan fingerprint density at radius 2 is 1.52 bits per heavy atom. The van der Waals surface area contributed by atoms with Crippen molar-refractivity contribution in [3.05, 3.63) is 64.7 Å². The summed E-state index contributed by atoms with van der Waals surface area (Å²) in [6, 6.07) is 12.2. The molecular formula is C25H35N3O4S. The number of hydrogen-bond donors (Lipinski definition) is 1. The summed E-state index contributed by atoms with van der Waals surface area (Å²) in [5.41, 5.74) is 4.14. The lowest BCUT2D eigenvalue weighted by atomic mass is 10.1. The minimum Gasteiger partial charge on any atom is -0.352 e. The molecule has 0 radical (unpaired) electrons. The molecule has 0 saturated carbocycles. The fraction of sp³-hybridized carbons (Fsp3) is 0.440. The molecule has 0 heterocycles. The number of rotatable bonds is 9. The minimum absolute atomic E-state index is 0.0843. The molecule has 0 unspecified atom stereocenters. The average molecular weight is 474 g/mol. The molecular weight excluding hydrogens is 438 g/mol. The van der Waals surface area contributed by atoms with E-state index in [1.165, 1.54) is 4.90 Å². The molecule has 8 heteroatoms. The Kier molecular flexibility index (Phi) is 8.66. The zero-order valence-corrected chi connectivity index (χ0v) is 21.4. The molecule has 0 fully saturated rings. The van der Waals surface area contributed by atoms with E-state index in [0.29, 0.717) is 5.69 Å². The molecule has 0 aliphatic heterocycles. The van der Waals surface area contributed by atoms with Crippen LogP contribution < -0.4 is 9.62 Å². The second-order valence-electron chi connectivity index (χ2n) is 8.91. The van der Waals surface area contributed by atoms with Gasteiger partial charge in [0.05, 0.1) is 11.9 Å². The van der Waals surface area contributed by atoms with Gasteiger partial charge in [-0.15, -0.1) is 0 Å². The number of aryl methyl sites for hydroxylation is 3. The van der Waals surface area contributed by atoms with E-state index in [1.807, 2.05) is 71.0 Å². The van der Waals surface area contributed by atoms with Crippen LogP contribution in [0.4, 0.5) is 5.69 Å². The van der Waals surface area contributed by atoms with E-state index in [0.717, 1.165) is 32.8 Å². The van der Waals surface area contributed by atoms with E-state index in [-0.39, 0.29) is 18.5 Å². The molecule has 2 rings (SSSR count).